The summed E-state index contributed by atoms with van der Waals surface area (Å²) in [6.07, 6.45) is 0.0275. The van der Waals surface area contributed by atoms with Crippen LogP contribution in [0.15, 0.2) is 12.1 Å². The van der Waals surface area contributed by atoms with E-state index in [1.165, 1.54) is 11.3 Å². The first kappa shape index (κ1) is 10.9. The lowest BCUT2D eigenvalue weighted by Crippen LogP contribution is -2.35. The van der Waals surface area contributed by atoms with Gasteiger partial charge in [0.05, 0.1) is 16.5 Å². The minimum Gasteiger partial charge on any atom is -0.380 e. The van der Waals surface area contributed by atoms with Gasteiger partial charge in [-0.2, -0.15) is 0 Å². The standard InChI is InChI=1S/C8H13ClN2OS/c1-5(12-2)8(11-10)6-3-4-7(9)13-6/h3-5,8,11H,10H2,1-2H3. The highest BCUT2D eigenvalue weighted by molar-refractivity contribution is 7.16. The largest absolute Gasteiger partial charge is 0.380 e. The predicted octanol–water partition coefficient (Wildman–Crippen LogP) is 1.94. The molecular formula is C8H13ClN2OS. The highest BCUT2D eigenvalue weighted by Crippen LogP contribution is 2.28. The SMILES string of the molecule is COC(C)C(NN)c1ccc(Cl)s1. The van der Waals surface area contributed by atoms with E-state index in [9.17, 15) is 0 Å². The van der Waals surface area contributed by atoms with Crippen molar-refractivity contribution < 1.29 is 4.74 Å². The molecule has 3 nitrogen and oxygen atoms in total. The van der Waals surface area contributed by atoms with Gasteiger partial charge in [0.25, 0.3) is 0 Å². The number of nitrogens with two attached hydrogens (primary N) is 1. The molecule has 0 aliphatic heterocycles. The Morgan fingerprint density at radius 3 is 2.69 bits per heavy atom. The smallest absolute Gasteiger partial charge is 0.0931 e. The van der Waals surface area contributed by atoms with Crippen molar-refractivity contribution in [1.82, 2.24) is 5.43 Å². The van der Waals surface area contributed by atoms with Crippen LogP contribution in [0.2, 0.25) is 4.34 Å². The summed E-state index contributed by atoms with van der Waals surface area (Å²) in [6.45, 7) is 1.96. The van der Waals surface area contributed by atoms with Crippen molar-refractivity contribution in [1.29, 1.82) is 0 Å². The first-order valence-corrected chi connectivity index (χ1v) is 5.12. The number of rotatable bonds is 4. The molecule has 0 bridgehead atoms. The molecule has 0 radical (unpaired) electrons. The molecule has 0 spiro atoms. The maximum absolute atomic E-state index is 5.82. The molecule has 0 saturated heterocycles. The van der Waals surface area contributed by atoms with E-state index in [1.807, 2.05) is 19.1 Å². The monoisotopic (exact) mass is 220 g/mol. The van der Waals surface area contributed by atoms with Crippen molar-refractivity contribution in [2.75, 3.05) is 7.11 Å². The summed E-state index contributed by atoms with van der Waals surface area (Å²) < 4.78 is 5.95. The van der Waals surface area contributed by atoms with Gasteiger partial charge in [-0.25, -0.2) is 5.43 Å². The Balaban J connectivity index is 2.77. The fourth-order valence-corrected chi connectivity index (χ4v) is 2.29. The summed E-state index contributed by atoms with van der Waals surface area (Å²) >= 11 is 7.33. The molecule has 3 N–H and O–H groups in total. The molecule has 0 aromatic carbocycles. The number of halogens is 1. The number of hydrogen-bond donors (Lipinski definition) is 2. The van der Waals surface area contributed by atoms with Crippen LogP contribution in [0.1, 0.15) is 17.8 Å². The number of ether oxygens (including phenoxy) is 1. The van der Waals surface area contributed by atoms with Gasteiger partial charge in [-0.3, -0.25) is 5.84 Å². The second kappa shape index (κ2) is 4.93. The van der Waals surface area contributed by atoms with Gasteiger partial charge >= 0.3 is 0 Å². The summed E-state index contributed by atoms with van der Waals surface area (Å²) in [6, 6.07) is 3.81. The maximum atomic E-state index is 5.82. The van der Waals surface area contributed by atoms with Crippen LogP contribution in [0.25, 0.3) is 0 Å². The number of hydrogen-bond acceptors (Lipinski definition) is 4. The molecule has 0 fully saturated rings. The second-order valence-corrected chi connectivity index (χ2v) is 4.47. The molecule has 1 aromatic heterocycles. The van der Waals surface area contributed by atoms with Gasteiger partial charge in [0.15, 0.2) is 0 Å². The van der Waals surface area contributed by atoms with E-state index in [2.05, 4.69) is 5.43 Å². The minimum atomic E-state index is 0.00231. The van der Waals surface area contributed by atoms with Crippen molar-refractivity contribution in [3.05, 3.63) is 21.3 Å². The van der Waals surface area contributed by atoms with Crippen molar-refractivity contribution in [3.8, 4) is 0 Å². The lowest BCUT2D eigenvalue weighted by molar-refractivity contribution is 0.0842. The van der Waals surface area contributed by atoms with Gasteiger partial charge in [-0.05, 0) is 19.1 Å². The Labute approximate surface area is 86.8 Å². The van der Waals surface area contributed by atoms with Crippen LogP contribution in [-0.4, -0.2) is 13.2 Å². The molecule has 74 valence electrons. The molecule has 2 atom stereocenters. The third-order valence-corrected chi connectivity index (χ3v) is 3.24. The molecular weight excluding hydrogens is 208 g/mol. The molecule has 1 rings (SSSR count). The lowest BCUT2D eigenvalue weighted by Gasteiger charge is -2.20. The number of thiophene rings is 1. The zero-order valence-corrected chi connectivity index (χ0v) is 9.15. The molecule has 2 unspecified atom stereocenters. The van der Waals surface area contributed by atoms with E-state index in [0.717, 1.165) is 9.21 Å². The van der Waals surface area contributed by atoms with Crippen LogP contribution in [0.4, 0.5) is 0 Å². The van der Waals surface area contributed by atoms with E-state index < -0.39 is 0 Å². The number of hydrazine groups is 1. The average Bonchev–Trinajstić information content (AvgIpc) is 2.53. The van der Waals surface area contributed by atoms with E-state index in [0.29, 0.717) is 0 Å². The summed E-state index contributed by atoms with van der Waals surface area (Å²) in [4.78, 5) is 1.09. The lowest BCUT2D eigenvalue weighted by atomic mass is 10.1. The Hall–Kier alpha value is -0.130. The molecule has 5 heteroatoms. The van der Waals surface area contributed by atoms with E-state index in [4.69, 9.17) is 22.2 Å². The Morgan fingerprint density at radius 2 is 2.31 bits per heavy atom. The molecule has 1 heterocycles. The van der Waals surface area contributed by atoms with Crippen molar-refractivity contribution in [2.24, 2.45) is 5.84 Å². The summed E-state index contributed by atoms with van der Waals surface area (Å²) in [5.41, 5.74) is 2.71. The van der Waals surface area contributed by atoms with Crippen LogP contribution in [0.3, 0.4) is 0 Å². The molecule has 0 aliphatic rings. The topological polar surface area (TPSA) is 47.3 Å². The normalized spacial score (nSPS) is 15.7. The van der Waals surface area contributed by atoms with Crippen molar-refractivity contribution in [3.63, 3.8) is 0 Å². The Morgan fingerprint density at radius 1 is 1.62 bits per heavy atom. The maximum Gasteiger partial charge on any atom is 0.0931 e. The van der Waals surface area contributed by atoms with Crippen molar-refractivity contribution in [2.45, 2.75) is 19.1 Å². The van der Waals surface area contributed by atoms with Gasteiger partial charge in [-0.1, -0.05) is 11.6 Å². The van der Waals surface area contributed by atoms with Crippen LogP contribution >= 0.6 is 22.9 Å². The first-order chi connectivity index (χ1) is 6.19. The Kier molecular flexibility index (Phi) is 4.15. The predicted molar refractivity (Wildman–Crippen MR) is 55.9 cm³/mol. The van der Waals surface area contributed by atoms with Gasteiger partial charge in [0, 0.05) is 12.0 Å². The quantitative estimate of drug-likeness (QED) is 0.602. The van der Waals surface area contributed by atoms with Crippen LogP contribution in [-0.2, 0) is 4.74 Å². The highest BCUT2D eigenvalue weighted by atomic mass is 35.5. The molecule has 13 heavy (non-hydrogen) atoms. The molecule has 0 amide bonds. The summed E-state index contributed by atoms with van der Waals surface area (Å²) in [5.74, 6) is 5.42. The van der Waals surface area contributed by atoms with E-state index in [1.54, 1.807) is 7.11 Å². The van der Waals surface area contributed by atoms with E-state index in [-0.39, 0.29) is 12.1 Å². The number of nitrogens with one attached hydrogen (secondary N) is 1. The van der Waals surface area contributed by atoms with Gasteiger partial charge < -0.3 is 4.74 Å². The zero-order valence-electron chi connectivity index (χ0n) is 7.58. The van der Waals surface area contributed by atoms with Crippen molar-refractivity contribution >= 4 is 22.9 Å². The highest BCUT2D eigenvalue weighted by Gasteiger charge is 2.18. The molecule has 0 aliphatic carbocycles. The minimum absolute atomic E-state index is 0.00231. The molecule has 0 saturated carbocycles. The van der Waals surface area contributed by atoms with Crippen LogP contribution < -0.4 is 11.3 Å². The fraction of sp³-hybridized carbons (Fsp3) is 0.500. The summed E-state index contributed by atoms with van der Waals surface area (Å²) in [7, 11) is 1.66. The van der Waals surface area contributed by atoms with E-state index >= 15 is 0 Å². The van der Waals surface area contributed by atoms with Gasteiger partial charge in [-0.15, -0.1) is 11.3 Å². The summed E-state index contributed by atoms with van der Waals surface area (Å²) in [5, 5.41) is 0. The second-order valence-electron chi connectivity index (χ2n) is 2.73. The third-order valence-electron chi connectivity index (χ3n) is 1.92. The Bertz CT molecular complexity index is 266. The van der Waals surface area contributed by atoms with Crippen LogP contribution in [0.5, 0.6) is 0 Å². The van der Waals surface area contributed by atoms with Gasteiger partial charge in [0.2, 0.25) is 0 Å². The average molecular weight is 221 g/mol. The first-order valence-electron chi connectivity index (χ1n) is 3.93. The number of methoxy groups -OCH3 is 1. The van der Waals surface area contributed by atoms with Crippen LogP contribution in [0, 0.1) is 0 Å². The third kappa shape index (κ3) is 2.65. The molecule has 1 aromatic rings. The fourth-order valence-electron chi connectivity index (χ4n) is 1.08. The zero-order chi connectivity index (χ0) is 9.84. The van der Waals surface area contributed by atoms with Gasteiger partial charge in [0.1, 0.15) is 0 Å².